The molecule has 1 saturated heterocycles. The summed E-state index contributed by atoms with van der Waals surface area (Å²) in [4.78, 5) is 27.1. The number of hydrogen-bond acceptors (Lipinski definition) is 3. The summed E-state index contributed by atoms with van der Waals surface area (Å²) < 4.78 is 5.73. The molecule has 5 nitrogen and oxygen atoms in total. The van der Waals surface area contributed by atoms with Gasteiger partial charge in [0.15, 0.2) is 6.61 Å². The summed E-state index contributed by atoms with van der Waals surface area (Å²) in [6, 6.07) is 12.2. The van der Waals surface area contributed by atoms with Gasteiger partial charge in [-0.2, -0.15) is 0 Å². The molecule has 1 aliphatic rings. The summed E-state index contributed by atoms with van der Waals surface area (Å²) in [6.45, 7) is 3.37. The van der Waals surface area contributed by atoms with Crippen LogP contribution in [0.25, 0.3) is 0 Å². The molecule has 3 rings (SSSR count). The van der Waals surface area contributed by atoms with Gasteiger partial charge in [-0.25, -0.2) is 0 Å². The summed E-state index contributed by atoms with van der Waals surface area (Å²) in [5.74, 6) is 0.0729. The number of carbonyl (C=O) groups excluding carboxylic acids is 2. The lowest BCUT2D eigenvalue weighted by molar-refractivity contribution is -0.133. The number of amides is 2. The molecule has 0 aromatic heterocycles. The first-order valence-corrected chi connectivity index (χ1v) is 9.99. The van der Waals surface area contributed by atoms with Crippen LogP contribution in [0, 0.1) is 6.92 Å². The smallest absolute Gasteiger partial charge is 0.260 e. The molecule has 2 amide bonds. The first kappa shape index (κ1) is 20.2. The molecule has 1 aliphatic heterocycles. The molecular formula is C22H25ClN2O3. The van der Waals surface area contributed by atoms with Crippen molar-refractivity contribution in [1.82, 2.24) is 4.90 Å². The molecule has 0 radical (unpaired) electrons. The van der Waals surface area contributed by atoms with Crippen molar-refractivity contribution >= 4 is 29.1 Å². The van der Waals surface area contributed by atoms with E-state index in [9.17, 15) is 9.59 Å². The summed E-state index contributed by atoms with van der Waals surface area (Å²) in [5, 5.41) is 3.50. The second-order valence-electron chi connectivity index (χ2n) is 6.99. The molecule has 2 aromatic rings. The summed E-state index contributed by atoms with van der Waals surface area (Å²) in [5.41, 5.74) is 1.95. The number of anilines is 1. The fourth-order valence-corrected chi connectivity index (χ4v) is 3.51. The van der Waals surface area contributed by atoms with E-state index in [1.54, 1.807) is 42.5 Å². The lowest BCUT2D eigenvalue weighted by Gasteiger charge is -2.20. The third-order valence-corrected chi connectivity index (χ3v) is 5.11. The minimum Gasteiger partial charge on any atom is -0.483 e. The van der Waals surface area contributed by atoms with E-state index in [4.69, 9.17) is 16.3 Å². The van der Waals surface area contributed by atoms with Gasteiger partial charge in [0.25, 0.3) is 11.8 Å². The van der Waals surface area contributed by atoms with Crippen molar-refractivity contribution in [3.63, 3.8) is 0 Å². The average Bonchev–Trinajstić information content (AvgIpc) is 2.98. The van der Waals surface area contributed by atoms with E-state index in [1.807, 2.05) is 11.8 Å². The van der Waals surface area contributed by atoms with E-state index in [2.05, 4.69) is 5.32 Å². The third-order valence-electron chi connectivity index (χ3n) is 4.88. The van der Waals surface area contributed by atoms with E-state index < -0.39 is 0 Å². The number of carbonyl (C=O) groups is 2. The van der Waals surface area contributed by atoms with Gasteiger partial charge in [-0.1, -0.05) is 36.6 Å². The van der Waals surface area contributed by atoms with E-state index in [0.717, 1.165) is 44.3 Å². The van der Waals surface area contributed by atoms with Crippen molar-refractivity contribution in [1.29, 1.82) is 0 Å². The average molecular weight is 401 g/mol. The molecule has 0 unspecified atom stereocenters. The van der Waals surface area contributed by atoms with Crippen LogP contribution < -0.4 is 10.1 Å². The Bertz CT molecular complexity index is 845. The predicted octanol–water partition coefficient (Wildman–Crippen LogP) is 4.68. The number of benzene rings is 2. The quantitative estimate of drug-likeness (QED) is 0.792. The lowest BCUT2D eigenvalue weighted by Crippen LogP contribution is -2.35. The fourth-order valence-electron chi connectivity index (χ4n) is 3.29. The molecule has 1 heterocycles. The predicted molar refractivity (Wildman–Crippen MR) is 111 cm³/mol. The van der Waals surface area contributed by atoms with Crippen LogP contribution in [0.5, 0.6) is 5.75 Å². The summed E-state index contributed by atoms with van der Waals surface area (Å²) >= 11 is 5.97. The maximum absolute atomic E-state index is 12.7. The first-order chi connectivity index (χ1) is 13.5. The largest absolute Gasteiger partial charge is 0.483 e. The molecule has 0 atom stereocenters. The zero-order valence-corrected chi connectivity index (χ0v) is 16.8. The normalized spacial score (nSPS) is 14.3. The van der Waals surface area contributed by atoms with E-state index in [0.29, 0.717) is 22.0 Å². The van der Waals surface area contributed by atoms with Crippen molar-refractivity contribution < 1.29 is 14.3 Å². The van der Waals surface area contributed by atoms with Gasteiger partial charge in [0.1, 0.15) is 5.75 Å². The number of ether oxygens (including phenoxy) is 1. The lowest BCUT2D eigenvalue weighted by atomic mass is 10.1. The zero-order valence-electron chi connectivity index (χ0n) is 16.0. The second kappa shape index (κ2) is 9.60. The number of rotatable bonds is 5. The van der Waals surface area contributed by atoms with E-state index in [-0.39, 0.29) is 18.4 Å². The molecule has 1 N–H and O–H groups in total. The first-order valence-electron chi connectivity index (χ1n) is 9.62. The van der Waals surface area contributed by atoms with Crippen LogP contribution in [-0.2, 0) is 4.79 Å². The molecule has 0 spiro atoms. The van der Waals surface area contributed by atoms with Gasteiger partial charge in [-0.05, 0) is 55.7 Å². The third kappa shape index (κ3) is 5.26. The molecule has 6 heteroatoms. The standard InChI is InChI=1S/C22H25ClN2O3/c1-16-14-17(23)10-11-19(16)24-22(27)18-8-4-5-9-20(18)28-15-21(26)25-12-6-2-3-7-13-25/h4-5,8-11,14H,2-3,6-7,12-13,15H2,1H3,(H,24,27). The maximum atomic E-state index is 12.7. The highest BCUT2D eigenvalue weighted by Crippen LogP contribution is 2.23. The van der Waals surface area contributed by atoms with Crippen molar-refractivity contribution in [2.45, 2.75) is 32.6 Å². The molecule has 0 bridgehead atoms. The van der Waals surface area contributed by atoms with Gasteiger partial charge in [0, 0.05) is 23.8 Å². The Morgan fingerprint density at radius 2 is 1.79 bits per heavy atom. The van der Waals surface area contributed by atoms with Gasteiger partial charge < -0.3 is 15.0 Å². The highest BCUT2D eigenvalue weighted by atomic mass is 35.5. The van der Waals surface area contributed by atoms with Crippen LogP contribution in [0.3, 0.4) is 0 Å². The monoisotopic (exact) mass is 400 g/mol. The van der Waals surface area contributed by atoms with Gasteiger partial charge in [0.2, 0.25) is 0 Å². The Morgan fingerprint density at radius 1 is 1.07 bits per heavy atom. The van der Waals surface area contributed by atoms with Gasteiger partial charge in [-0.15, -0.1) is 0 Å². The van der Waals surface area contributed by atoms with Crippen LogP contribution in [0.1, 0.15) is 41.6 Å². The Hall–Kier alpha value is -2.53. The number of nitrogens with one attached hydrogen (secondary N) is 1. The Morgan fingerprint density at radius 3 is 2.50 bits per heavy atom. The van der Waals surface area contributed by atoms with Crippen LogP contribution in [0.2, 0.25) is 5.02 Å². The van der Waals surface area contributed by atoms with Crippen LogP contribution >= 0.6 is 11.6 Å². The van der Waals surface area contributed by atoms with Gasteiger partial charge >= 0.3 is 0 Å². The number of para-hydroxylation sites is 1. The van der Waals surface area contributed by atoms with Crippen molar-refractivity contribution in [3.05, 3.63) is 58.6 Å². The van der Waals surface area contributed by atoms with Crippen LogP contribution in [0.4, 0.5) is 5.69 Å². The van der Waals surface area contributed by atoms with Crippen molar-refractivity contribution in [2.75, 3.05) is 25.0 Å². The summed E-state index contributed by atoms with van der Waals surface area (Å²) in [6.07, 6.45) is 4.39. The van der Waals surface area contributed by atoms with Crippen LogP contribution in [-0.4, -0.2) is 36.4 Å². The number of aryl methyl sites for hydroxylation is 1. The molecule has 1 fully saturated rings. The Labute approximate surface area is 170 Å². The Kier molecular flexibility index (Phi) is 6.93. The topological polar surface area (TPSA) is 58.6 Å². The molecule has 2 aromatic carbocycles. The second-order valence-corrected chi connectivity index (χ2v) is 7.43. The SMILES string of the molecule is Cc1cc(Cl)ccc1NC(=O)c1ccccc1OCC(=O)N1CCCCCC1. The number of halogens is 1. The molecule has 0 aliphatic carbocycles. The molecular weight excluding hydrogens is 376 g/mol. The maximum Gasteiger partial charge on any atom is 0.260 e. The summed E-state index contributed by atoms with van der Waals surface area (Å²) in [7, 11) is 0. The fraction of sp³-hybridized carbons (Fsp3) is 0.364. The minimum atomic E-state index is -0.289. The highest BCUT2D eigenvalue weighted by Gasteiger charge is 2.18. The van der Waals surface area contributed by atoms with Crippen molar-refractivity contribution in [2.24, 2.45) is 0 Å². The number of nitrogens with zero attached hydrogens (tertiary/aromatic N) is 1. The molecule has 148 valence electrons. The number of likely N-dealkylation sites (tertiary alicyclic amines) is 1. The zero-order chi connectivity index (χ0) is 19.9. The minimum absolute atomic E-state index is 0.0364. The van der Waals surface area contributed by atoms with Crippen LogP contribution in [0.15, 0.2) is 42.5 Å². The van der Waals surface area contributed by atoms with Crippen molar-refractivity contribution in [3.8, 4) is 5.75 Å². The Balaban J connectivity index is 1.66. The van der Waals surface area contributed by atoms with E-state index >= 15 is 0 Å². The molecule has 28 heavy (non-hydrogen) atoms. The van der Waals surface area contributed by atoms with E-state index in [1.165, 1.54) is 0 Å². The van der Waals surface area contributed by atoms with Gasteiger partial charge in [0.05, 0.1) is 5.56 Å². The number of hydrogen-bond donors (Lipinski definition) is 1. The van der Waals surface area contributed by atoms with Gasteiger partial charge in [-0.3, -0.25) is 9.59 Å². The highest BCUT2D eigenvalue weighted by molar-refractivity contribution is 6.30. The molecule has 0 saturated carbocycles.